The molecule has 0 aliphatic rings. The number of guanidine groups is 1. The number of para-hydroxylation sites is 1. The molecule has 0 aliphatic heterocycles. The molecule has 2 heterocycles. The van der Waals surface area contributed by atoms with Crippen molar-refractivity contribution < 1.29 is 4.52 Å². The predicted octanol–water partition coefficient (Wildman–Crippen LogP) is 3.19. The Morgan fingerprint density at radius 3 is 2.64 bits per heavy atom. The first-order chi connectivity index (χ1) is 13.6. The van der Waals surface area contributed by atoms with Crippen molar-refractivity contribution >= 4 is 16.9 Å². The molecule has 0 amide bonds. The first-order valence-electron chi connectivity index (χ1n) is 9.97. The summed E-state index contributed by atoms with van der Waals surface area (Å²) >= 11 is 0. The van der Waals surface area contributed by atoms with Crippen molar-refractivity contribution in [1.82, 2.24) is 25.8 Å². The largest absolute Gasteiger partial charge is 0.361 e. The Morgan fingerprint density at radius 1 is 1.18 bits per heavy atom. The molecule has 0 unspecified atom stereocenters. The molecule has 0 atom stereocenters. The van der Waals surface area contributed by atoms with Crippen molar-refractivity contribution in [3.05, 3.63) is 47.2 Å². The van der Waals surface area contributed by atoms with E-state index in [1.807, 2.05) is 0 Å². The second-order valence-electron chi connectivity index (χ2n) is 7.13. The van der Waals surface area contributed by atoms with Crippen molar-refractivity contribution in [1.29, 1.82) is 0 Å². The minimum Gasteiger partial charge on any atom is -0.361 e. The fraction of sp³-hybridized carbons (Fsp3) is 0.476. The molecule has 0 fully saturated rings. The molecular formula is C21H30N6O. The van der Waals surface area contributed by atoms with Crippen LogP contribution >= 0.6 is 0 Å². The van der Waals surface area contributed by atoms with E-state index < -0.39 is 0 Å². The molecule has 1 aromatic carbocycles. The van der Waals surface area contributed by atoms with Crippen LogP contribution in [-0.4, -0.2) is 41.2 Å². The molecule has 3 rings (SSSR count). The van der Waals surface area contributed by atoms with Crippen LogP contribution in [0.25, 0.3) is 10.9 Å². The molecule has 0 radical (unpaired) electrons. The summed E-state index contributed by atoms with van der Waals surface area (Å²) in [6, 6.07) is 6.50. The van der Waals surface area contributed by atoms with Gasteiger partial charge in [0.2, 0.25) is 5.89 Å². The second-order valence-corrected chi connectivity index (χ2v) is 7.13. The summed E-state index contributed by atoms with van der Waals surface area (Å²) in [4.78, 5) is 12.1. The number of nitrogens with zero attached hydrogens (tertiary/aromatic N) is 3. The lowest BCUT2D eigenvalue weighted by atomic mass is 10.1. The number of hydrogen-bond donors (Lipinski definition) is 3. The third kappa shape index (κ3) is 4.71. The van der Waals surface area contributed by atoms with Gasteiger partial charge in [0.15, 0.2) is 11.8 Å². The average Bonchev–Trinajstić information content (AvgIpc) is 3.34. The Labute approximate surface area is 166 Å². The van der Waals surface area contributed by atoms with Crippen molar-refractivity contribution in [3.8, 4) is 0 Å². The van der Waals surface area contributed by atoms with Crippen LogP contribution in [0.1, 0.15) is 49.5 Å². The molecule has 7 heteroatoms. The summed E-state index contributed by atoms with van der Waals surface area (Å²) in [6.45, 7) is 7.78. The van der Waals surface area contributed by atoms with Crippen LogP contribution in [0.5, 0.6) is 0 Å². The molecule has 7 nitrogen and oxygen atoms in total. The highest BCUT2D eigenvalue weighted by Crippen LogP contribution is 2.22. The van der Waals surface area contributed by atoms with Crippen LogP contribution < -0.4 is 10.6 Å². The van der Waals surface area contributed by atoms with E-state index in [4.69, 9.17) is 4.52 Å². The van der Waals surface area contributed by atoms with Crippen LogP contribution in [0.4, 0.5) is 0 Å². The van der Waals surface area contributed by atoms with Crippen LogP contribution in [0.3, 0.4) is 0 Å². The molecule has 150 valence electrons. The third-order valence-corrected chi connectivity index (χ3v) is 4.81. The van der Waals surface area contributed by atoms with Gasteiger partial charge in [0.25, 0.3) is 0 Å². The lowest BCUT2D eigenvalue weighted by Gasteiger charge is -2.11. The van der Waals surface area contributed by atoms with Gasteiger partial charge in [-0.15, -0.1) is 0 Å². The average molecular weight is 383 g/mol. The smallest absolute Gasteiger partial charge is 0.228 e. The molecule has 3 aromatic rings. The zero-order valence-corrected chi connectivity index (χ0v) is 17.2. The highest BCUT2D eigenvalue weighted by Gasteiger charge is 2.10. The maximum atomic E-state index is 5.27. The maximum absolute atomic E-state index is 5.27. The van der Waals surface area contributed by atoms with Gasteiger partial charge in [0.1, 0.15) is 0 Å². The number of fused-ring (bicyclic) bond motifs is 1. The van der Waals surface area contributed by atoms with E-state index in [1.54, 1.807) is 7.05 Å². The normalized spacial score (nSPS) is 12.1. The van der Waals surface area contributed by atoms with Crippen LogP contribution in [-0.2, 0) is 19.3 Å². The van der Waals surface area contributed by atoms with E-state index in [0.717, 1.165) is 31.2 Å². The number of hydrogen-bond acceptors (Lipinski definition) is 4. The lowest BCUT2D eigenvalue weighted by Crippen LogP contribution is -2.39. The van der Waals surface area contributed by atoms with E-state index in [1.165, 1.54) is 22.0 Å². The zero-order chi connectivity index (χ0) is 19.9. The van der Waals surface area contributed by atoms with Gasteiger partial charge in [0.05, 0.1) is 0 Å². The van der Waals surface area contributed by atoms with E-state index in [9.17, 15) is 0 Å². The molecule has 3 N–H and O–H groups in total. The number of aromatic nitrogens is 3. The number of aryl methyl sites for hydroxylation is 1. The molecule has 0 bridgehead atoms. The maximum Gasteiger partial charge on any atom is 0.228 e. The third-order valence-electron chi connectivity index (χ3n) is 4.81. The summed E-state index contributed by atoms with van der Waals surface area (Å²) in [6.07, 6.45) is 4.74. The van der Waals surface area contributed by atoms with Gasteiger partial charge in [-0.2, -0.15) is 4.98 Å². The Kier molecular flexibility index (Phi) is 6.68. The van der Waals surface area contributed by atoms with E-state index in [2.05, 4.69) is 75.9 Å². The minimum atomic E-state index is 0.276. The molecule has 0 saturated carbocycles. The van der Waals surface area contributed by atoms with E-state index in [0.29, 0.717) is 18.9 Å². The van der Waals surface area contributed by atoms with Gasteiger partial charge in [-0.3, -0.25) is 4.99 Å². The number of aliphatic imine (C=N–C) groups is 1. The van der Waals surface area contributed by atoms with Gasteiger partial charge in [-0.1, -0.05) is 44.1 Å². The number of H-pyrrole nitrogens is 1. The summed E-state index contributed by atoms with van der Waals surface area (Å²) in [5.41, 5.74) is 3.93. The van der Waals surface area contributed by atoms with Crippen molar-refractivity contribution in [3.63, 3.8) is 0 Å². The SMILES string of the molecule is CCc1cccc2c(CCNC(=NC)NCCc3nc(C(C)C)no3)c[nH]c12. The first-order valence-corrected chi connectivity index (χ1v) is 9.97. The Morgan fingerprint density at radius 2 is 1.96 bits per heavy atom. The highest BCUT2D eigenvalue weighted by molar-refractivity contribution is 5.86. The number of benzene rings is 1. The summed E-state index contributed by atoms with van der Waals surface area (Å²) in [7, 11) is 1.78. The summed E-state index contributed by atoms with van der Waals surface area (Å²) in [5, 5.41) is 12.0. The number of aromatic amines is 1. The standard InChI is InChI=1S/C21H30N6O/c1-5-15-7-6-8-17-16(13-25-19(15)17)9-11-23-21(22-4)24-12-10-18-26-20(14(2)3)27-28-18/h6-8,13-14,25H,5,9-12H2,1-4H3,(H2,22,23,24). The van der Waals surface area contributed by atoms with Gasteiger partial charge in [-0.05, 0) is 24.0 Å². The van der Waals surface area contributed by atoms with E-state index in [-0.39, 0.29) is 5.92 Å². The Bertz CT molecular complexity index is 924. The van der Waals surface area contributed by atoms with Gasteiger partial charge < -0.3 is 20.1 Å². The predicted molar refractivity (Wildman–Crippen MR) is 113 cm³/mol. The lowest BCUT2D eigenvalue weighted by molar-refractivity contribution is 0.371. The molecule has 0 saturated heterocycles. The fourth-order valence-corrected chi connectivity index (χ4v) is 3.20. The monoisotopic (exact) mass is 382 g/mol. The second kappa shape index (κ2) is 9.39. The Balaban J connectivity index is 1.47. The molecule has 28 heavy (non-hydrogen) atoms. The van der Waals surface area contributed by atoms with Crippen LogP contribution in [0, 0.1) is 0 Å². The molecule has 0 aliphatic carbocycles. The topological polar surface area (TPSA) is 91.1 Å². The van der Waals surface area contributed by atoms with Crippen molar-refractivity contribution in [2.24, 2.45) is 4.99 Å². The van der Waals surface area contributed by atoms with E-state index >= 15 is 0 Å². The summed E-state index contributed by atoms with van der Waals surface area (Å²) < 4.78 is 5.27. The molecule has 2 aromatic heterocycles. The molecular weight excluding hydrogens is 352 g/mol. The number of nitrogens with one attached hydrogen (secondary N) is 3. The number of rotatable bonds is 8. The van der Waals surface area contributed by atoms with Crippen LogP contribution in [0.15, 0.2) is 33.9 Å². The van der Waals surface area contributed by atoms with Crippen LogP contribution in [0.2, 0.25) is 0 Å². The fourth-order valence-electron chi connectivity index (χ4n) is 3.20. The minimum absolute atomic E-state index is 0.276. The van der Waals surface area contributed by atoms with Crippen molar-refractivity contribution in [2.45, 2.75) is 46.0 Å². The molecule has 0 spiro atoms. The Hall–Kier alpha value is -2.83. The van der Waals surface area contributed by atoms with Gasteiger partial charge >= 0.3 is 0 Å². The van der Waals surface area contributed by atoms with Gasteiger partial charge in [0, 0.05) is 49.6 Å². The zero-order valence-electron chi connectivity index (χ0n) is 17.2. The first kappa shape index (κ1) is 19.9. The van der Waals surface area contributed by atoms with Crippen molar-refractivity contribution in [2.75, 3.05) is 20.1 Å². The highest BCUT2D eigenvalue weighted by atomic mass is 16.5. The van der Waals surface area contributed by atoms with Gasteiger partial charge in [-0.25, -0.2) is 0 Å². The quantitative estimate of drug-likeness (QED) is 0.411. The summed E-state index contributed by atoms with van der Waals surface area (Å²) in [5.74, 6) is 2.45.